The lowest BCUT2D eigenvalue weighted by Gasteiger charge is -2.23. The summed E-state index contributed by atoms with van der Waals surface area (Å²) in [5.74, 6) is 1.18. The third-order valence-corrected chi connectivity index (χ3v) is 7.07. The van der Waals surface area contributed by atoms with Crippen molar-refractivity contribution in [2.45, 2.75) is 44.9 Å². The first kappa shape index (κ1) is 14.4. The van der Waals surface area contributed by atoms with E-state index in [2.05, 4.69) is 18.8 Å². The van der Waals surface area contributed by atoms with Crippen molar-refractivity contribution in [2.75, 3.05) is 5.75 Å². The molecule has 0 radical (unpaired) electrons. The first-order chi connectivity index (χ1) is 9.41. The quantitative estimate of drug-likeness (QED) is 0.847. The third-order valence-electron chi connectivity index (χ3n) is 4.10. The Bertz CT molecular complexity index is 778. The van der Waals surface area contributed by atoms with E-state index in [0.29, 0.717) is 11.3 Å². The number of nitrogens with one attached hydrogen (secondary N) is 1. The van der Waals surface area contributed by atoms with E-state index in [1.54, 1.807) is 15.9 Å². The second-order valence-corrected chi connectivity index (χ2v) is 9.00. The van der Waals surface area contributed by atoms with E-state index in [1.807, 2.05) is 18.7 Å². The van der Waals surface area contributed by atoms with Crippen molar-refractivity contribution in [1.82, 2.24) is 9.55 Å². The number of fused-ring (bicyclic) bond motifs is 1. The van der Waals surface area contributed by atoms with E-state index in [1.165, 1.54) is 17.1 Å². The highest BCUT2D eigenvalue weighted by atomic mass is 32.2. The molecule has 1 fully saturated rings. The second-order valence-electron chi connectivity index (χ2n) is 5.71. The Morgan fingerprint density at radius 3 is 2.85 bits per heavy atom. The van der Waals surface area contributed by atoms with Gasteiger partial charge >= 0.3 is 0 Å². The van der Waals surface area contributed by atoms with Gasteiger partial charge in [-0.25, -0.2) is 0 Å². The number of aromatic amines is 1. The van der Waals surface area contributed by atoms with E-state index < -0.39 is 0 Å². The molecule has 0 spiro atoms. The van der Waals surface area contributed by atoms with E-state index >= 15 is 0 Å². The zero-order chi connectivity index (χ0) is 14.5. The number of thiophene rings is 1. The number of H-pyrrole nitrogens is 1. The largest absolute Gasteiger partial charge is 0.323 e. The Morgan fingerprint density at radius 1 is 1.45 bits per heavy atom. The molecule has 0 amide bonds. The van der Waals surface area contributed by atoms with Gasteiger partial charge in [0.05, 0.1) is 5.39 Å². The van der Waals surface area contributed by atoms with Gasteiger partial charge in [-0.15, -0.1) is 11.3 Å². The van der Waals surface area contributed by atoms with Crippen molar-refractivity contribution in [2.24, 2.45) is 0 Å². The normalized spacial score (nSPS) is 22.8. The molecule has 1 aliphatic rings. The summed E-state index contributed by atoms with van der Waals surface area (Å²) in [6, 6.07) is 0. The molecule has 1 aliphatic heterocycles. The van der Waals surface area contributed by atoms with Crippen LogP contribution in [0.3, 0.4) is 0 Å². The Labute approximate surface area is 131 Å². The van der Waals surface area contributed by atoms with Crippen LogP contribution in [-0.4, -0.2) is 20.1 Å². The Hall–Kier alpha value is -0.590. The molecule has 0 aliphatic carbocycles. The first-order valence-corrected chi connectivity index (χ1v) is 8.99. The summed E-state index contributed by atoms with van der Waals surface area (Å²) in [6.07, 6.45) is 2.38. The number of aryl methyl sites for hydroxylation is 2. The molecule has 1 atom stereocenters. The predicted octanol–water partition coefficient (Wildman–Crippen LogP) is 4.02. The molecule has 1 N–H and O–H groups in total. The lowest BCUT2D eigenvalue weighted by molar-refractivity contribution is 0.494. The standard InChI is InChI=1S/C14H18N2OS3/c1-8-9(2)20-11-10(8)12(17)16(13(18)15-11)7-14(3)5-4-6-19-14/h4-7H2,1-3H3,(H,15,18). The van der Waals surface area contributed by atoms with Crippen LogP contribution in [0.1, 0.15) is 30.2 Å². The maximum Gasteiger partial charge on any atom is 0.263 e. The second kappa shape index (κ2) is 5.00. The molecule has 2 aromatic heterocycles. The van der Waals surface area contributed by atoms with Crippen LogP contribution in [-0.2, 0) is 6.54 Å². The molecule has 3 rings (SSSR count). The smallest absolute Gasteiger partial charge is 0.263 e. The van der Waals surface area contributed by atoms with Gasteiger partial charge in [-0.2, -0.15) is 11.8 Å². The fourth-order valence-corrected chi connectivity index (χ4v) is 5.46. The SMILES string of the molecule is Cc1sc2[nH]c(=S)n(CC3(C)CCCS3)c(=O)c2c1C. The van der Waals surface area contributed by atoms with Gasteiger partial charge in [-0.3, -0.25) is 9.36 Å². The highest BCUT2D eigenvalue weighted by Gasteiger charge is 2.31. The number of rotatable bonds is 2. The van der Waals surface area contributed by atoms with Gasteiger partial charge in [-0.1, -0.05) is 0 Å². The summed E-state index contributed by atoms with van der Waals surface area (Å²) in [5, 5.41) is 0.813. The number of hydrogen-bond donors (Lipinski definition) is 1. The molecule has 0 aromatic carbocycles. The molecule has 6 heteroatoms. The van der Waals surface area contributed by atoms with Crippen molar-refractivity contribution in [3.05, 3.63) is 25.6 Å². The molecule has 0 saturated carbocycles. The van der Waals surface area contributed by atoms with Crippen molar-refractivity contribution in [1.29, 1.82) is 0 Å². The lowest BCUT2D eigenvalue weighted by Crippen LogP contribution is -2.32. The number of thioether (sulfide) groups is 1. The topological polar surface area (TPSA) is 37.8 Å². The molecule has 3 nitrogen and oxygen atoms in total. The summed E-state index contributed by atoms with van der Waals surface area (Å²) in [6.45, 7) is 7.01. The molecule has 2 aromatic rings. The predicted molar refractivity (Wildman–Crippen MR) is 90.8 cm³/mol. The molecule has 1 saturated heterocycles. The molecular formula is C14H18N2OS3. The monoisotopic (exact) mass is 326 g/mol. The summed E-state index contributed by atoms with van der Waals surface area (Å²) < 4.78 is 2.45. The van der Waals surface area contributed by atoms with Gasteiger partial charge in [0.1, 0.15) is 4.83 Å². The molecule has 3 heterocycles. The van der Waals surface area contributed by atoms with E-state index in [9.17, 15) is 4.79 Å². The minimum atomic E-state index is 0.0688. The molecule has 108 valence electrons. The van der Waals surface area contributed by atoms with Gasteiger partial charge in [0.2, 0.25) is 0 Å². The van der Waals surface area contributed by atoms with Crippen LogP contribution in [0.15, 0.2) is 4.79 Å². The minimum absolute atomic E-state index is 0.0688. The lowest BCUT2D eigenvalue weighted by atomic mass is 10.1. The highest BCUT2D eigenvalue weighted by molar-refractivity contribution is 8.00. The van der Waals surface area contributed by atoms with E-state index in [4.69, 9.17) is 12.2 Å². The van der Waals surface area contributed by atoms with E-state index in [0.717, 1.165) is 22.2 Å². The summed E-state index contributed by atoms with van der Waals surface area (Å²) in [5.41, 5.74) is 1.15. The Kier molecular flexibility index (Phi) is 3.59. The molecule has 1 unspecified atom stereocenters. The average molecular weight is 327 g/mol. The Balaban J connectivity index is 2.18. The van der Waals surface area contributed by atoms with Gasteiger partial charge in [0.15, 0.2) is 4.77 Å². The van der Waals surface area contributed by atoms with Crippen LogP contribution >= 0.6 is 35.3 Å². The zero-order valence-electron chi connectivity index (χ0n) is 11.9. The van der Waals surface area contributed by atoms with Crippen LogP contribution in [0.5, 0.6) is 0 Å². The summed E-state index contributed by atoms with van der Waals surface area (Å²) in [4.78, 5) is 18.1. The van der Waals surface area contributed by atoms with Crippen LogP contribution < -0.4 is 5.56 Å². The summed E-state index contributed by atoms with van der Waals surface area (Å²) >= 11 is 8.98. The minimum Gasteiger partial charge on any atom is -0.323 e. The maximum absolute atomic E-state index is 12.8. The van der Waals surface area contributed by atoms with Crippen molar-refractivity contribution in [3.8, 4) is 0 Å². The highest BCUT2D eigenvalue weighted by Crippen LogP contribution is 2.39. The van der Waals surface area contributed by atoms with Crippen LogP contribution in [0.25, 0.3) is 10.2 Å². The molecule has 0 bridgehead atoms. The maximum atomic E-state index is 12.8. The van der Waals surface area contributed by atoms with Gasteiger partial charge in [-0.05, 0) is 57.1 Å². The van der Waals surface area contributed by atoms with Gasteiger partial charge in [0.25, 0.3) is 5.56 Å². The van der Waals surface area contributed by atoms with Crippen molar-refractivity contribution in [3.63, 3.8) is 0 Å². The van der Waals surface area contributed by atoms with Crippen LogP contribution in [0.4, 0.5) is 0 Å². The third kappa shape index (κ3) is 2.27. The number of hydrogen-bond acceptors (Lipinski definition) is 4. The number of nitrogens with zero attached hydrogens (tertiary/aromatic N) is 1. The van der Waals surface area contributed by atoms with Crippen molar-refractivity contribution >= 4 is 45.5 Å². The molecular weight excluding hydrogens is 308 g/mol. The van der Waals surface area contributed by atoms with Gasteiger partial charge < -0.3 is 4.98 Å². The molecule has 20 heavy (non-hydrogen) atoms. The van der Waals surface area contributed by atoms with Gasteiger partial charge in [0, 0.05) is 16.2 Å². The summed E-state index contributed by atoms with van der Waals surface area (Å²) in [7, 11) is 0. The van der Waals surface area contributed by atoms with E-state index in [-0.39, 0.29) is 10.3 Å². The number of aromatic nitrogens is 2. The first-order valence-electron chi connectivity index (χ1n) is 6.78. The zero-order valence-corrected chi connectivity index (χ0v) is 14.4. The fraction of sp³-hybridized carbons (Fsp3) is 0.571. The van der Waals surface area contributed by atoms with Crippen molar-refractivity contribution < 1.29 is 0 Å². The fourth-order valence-electron chi connectivity index (χ4n) is 2.80. The van der Waals surface area contributed by atoms with Crippen LogP contribution in [0.2, 0.25) is 0 Å². The van der Waals surface area contributed by atoms with Crippen LogP contribution in [0, 0.1) is 18.6 Å². The average Bonchev–Trinajstić information content (AvgIpc) is 2.91. The Morgan fingerprint density at radius 2 is 2.20 bits per heavy atom.